The molecule has 128 valence electrons. The Morgan fingerprint density at radius 2 is 1.65 bits per heavy atom. The van der Waals surface area contributed by atoms with Gasteiger partial charge in [-0.3, -0.25) is 14.4 Å². The first-order valence-electron chi connectivity index (χ1n) is 6.80. The summed E-state index contributed by atoms with van der Waals surface area (Å²) in [4.78, 5) is 33.9. The standard InChI is InChI=1S/C14H19ClN4O3.ClH/c15-10-3-5-11(6-4-10)19-12(20)2-1-7-17-14(22)9-18-13(21)8-16;/h3-6H,1-2,7-9,16H2,(H,17,22)(H,18,21)(H,19,20);1H. The van der Waals surface area contributed by atoms with Crippen LogP contribution in [-0.2, 0) is 14.4 Å². The van der Waals surface area contributed by atoms with Crippen LogP contribution < -0.4 is 21.7 Å². The van der Waals surface area contributed by atoms with Crippen LogP contribution in [-0.4, -0.2) is 37.4 Å². The van der Waals surface area contributed by atoms with Gasteiger partial charge in [0.2, 0.25) is 17.7 Å². The van der Waals surface area contributed by atoms with E-state index in [2.05, 4.69) is 16.0 Å². The number of hydrogen-bond acceptors (Lipinski definition) is 4. The van der Waals surface area contributed by atoms with Crippen molar-refractivity contribution in [2.75, 3.05) is 25.0 Å². The van der Waals surface area contributed by atoms with Gasteiger partial charge in [-0.05, 0) is 30.7 Å². The molecule has 0 aliphatic carbocycles. The van der Waals surface area contributed by atoms with E-state index in [1.54, 1.807) is 24.3 Å². The quantitative estimate of drug-likeness (QED) is 0.509. The van der Waals surface area contributed by atoms with Gasteiger partial charge in [-0.25, -0.2) is 0 Å². The van der Waals surface area contributed by atoms with E-state index < -0.39 is 5.91 Å². The second kappa shape index (κ2) is 11.7. The Kier molecular flexibility index (Phi) is 10.8. The molecule has 0 spiro atoms. The first-order chi connectivity index (χ1) is 10.5. The summed E-state index contributed by atoms with van der Waals surface area (Å²) in [6, 6.07) is 6.80. The van der Waals surface area contributed by atoms with E-state index in [1.165, 1.54) is 0 Å². The van der Waals surface area contributed by atoms with Crippen molar-refractivity contribution >= 4 is 47.4 Å². The zero-order valence-electron chi connectivity index (χ0n) is 12.4. The van der Waals surface area contributed by atoms with Gasteiger partial charge in [0.15, 0.2) is 0 Å². The third kappa shape index (κ3) is 9.72. The molecule has 9 heteroatoms. The molecule has 7 nitrogen and oxygen atoms in total. The van der Waals surface area contributed by atoms with E-state index in [1.807, 2.05) is 0 Å². The highest BCUT2D eigenvalue weighted by atomic mass is 35.5. The summed E-state index contributed by atoms with van der Waals surface area (Å²) in [5.74, 6) is -0.856. The third-order valence-electron chi connectivity index (χ3n) is 2.66. The predicted octanol–water partition coefficient (Wildman–Crippen LogP) is 0.672. The molecule has 0 atom stereocenters. The van der Waals surface area contributed by atoms with Crippen molar-refractivity contribution in [3.05, 3.63) is 29.3 Å². The molecule has 0 bridgehead atoms. The smallest absolute Gasteiger partial charge is 0.239 e. The highest BCUT2D eigenvalue weighted by molar-refractivity contribution is 6.30. The fourth-order valence-corrected chi connectivity index (χ4v) is 1.67. The summed E-state index contributed by atoms with van der Waals surface area (Å²) in [6.45, 7) is 0.0799. The Labute approximate surface area is 145 Å². The normalized spacial score (nSPS) is 9.48. The number of anilines is 1. The summed E-state index contributed by atoms with van der Waals surface area (Å²) in [6.07, 6.45) is 0.772. The number of nitrogens with one attached hydrogen (secondary N) is 3. The van der Waals surface area contributed by atoms with E-state index in [-0.39, 0.29) is 43.7 Å². The molecule has 5 N–H and O–H groups in total. The molecule has 0 aliphatic rings. The lowest BCUT2D eigenvalue weighted by Gasteiger charge is -2.07. The summed E-state index contributed by atoms with van der Waals surface area (Å²) in [5.41, 5.74) is 5.76. The van der Waals surface area contributed by atoms with Crippen LogP contribution in [0.3, 0.4) is 0 Å². The topological polar surface area (TPSA) is 113 Å². The highest BCUT2D eigenvalue weighted by Crippen LogP contribution is 2.13. The molecule has 0 unspecified atom stereocenters. The van der Waals surface area contributed by atoms with Crippen LogP contribution in [0.25, 0.3) is 0 Å². The monoisotopic (exact) mass is 362 g/mol. The average Bonchev–Trinajstić information content (AvgIpc) is 2.51. The van der Waals surface area contributed by atoms with Crippen LogP contribution in [0.5, 0.6) is 0 Å². The molecule has 0 aromatic heterocycles. The fraction of sp³-hybridized carbons (Fsp3) is 0.357. The molecule has 0 fully saturated rings. The number of carbonyl (C=O) groups is 3. The van der Waals surface area contributed by atoms with Crippen LogP contribution >= 0.6 is 24.0 Å². The minimum Gasteiger partial charge on any atom is -0.355 e. The van der Waals surface area contributed by atoms with Gasteiger partial charge in [-0.2, -0.15) is 0 Å². The van der Waals surface area contributed by atoms with Crippen molar-refractivity contribution in [2.45, 2.75) is 12.8 Å². The SMILES string of the molecule is Cl.NCC(=O)NCC(=O)NCCCC(=O)Nc1ccc(Cl)cc1. The molecule has 0 radical (unpaired) electrons. The Morgan fingerprint density at radius 3 is 2.26 bits per heavy atom. The van der Waals surface area contributed by atoms with E-state index in [9.17, 15) is 14.4 Å². The molecule has 0 saturated carbocycles. The van der Waals surface area contributed by atoms with E-state index in [0.29, 0.717) is 23.7 Å². The Balaban J connectivity index is 0.00000484. The van der Waals surface area contributed by atoms with Crippen LogP contribution in [0.4, 0.5) is 5.69 Å². The maximum absolute atomic E-state index is 11.7. The lowest BCUT2D eigenvalue weighted by atomic mass is 10.2. The lowest BCUT2D eigenvalue weighted by Crippen LogP contribution is -2.39. The fourth-order valence-electron chi connectivity index (χ4n) is 1.55. The third-order valence-corrected chi connectivity index (χ3v) is 2.91. The predicted molar refractivity (Wildman–Crippen MR) is 91.6 cm³/mol. The van der Waals surface area contributed by atoms with Crippen molar-refractivity contribution in [1.82, 2.24) is 10.6 Å². The number of benzene rings is 1. The molecular weight excluding hydrogens is 343 g/mol. The van der Waals surface area contributed by atoms with Gasteiger partial charge < -0.3 is 21.7 Å². The number of amides is 3. The van der Waals surface area contributed by atoms with Crippen molar-refractivity contribution in [3.63, 3.8) is 0 Å². The van der Waals surface area contributed by atoms with E-state index in [4.69, 9.17) is 17.3 Å². The second-order valence-electron chi connectivity index (χ2n) is 4.49. The van der Waals surface area contributed by atoms with E-state index in [0.717, 1.165) is 0 Å². The molecule has 1 rings (SSSR count). The molecule has 0 aliphatic heterocycles. The van der Waals surface area contributed by atoms with Gasteiger partial charge in [-0.1, -0.05) is 11.6 Å². The molecule has 23 heavy (non-hydrogen) atoms. The van der Waals surface area contributed by atoms with Gasteiger partial charge >= 0.3 is 0 Å². The number of rotatable bonds is 8. The van der Waals surface area contributed by atoms with Crippen molar-refractivity contribution < 1.29 is 14.4 Å². The summed E-state index contributed by atoms with van der Waals surface area (Å²) < 4.78 is 0. The first-order valence-corrected chi connectivity index (χ1v) is 7.18. The molecule has 3 amide bonds. The average molecular weight is 363 g/mol. The van der Waals surface area contributed by atoms with Gasteiger partial charge in [-0.15, -0.1) is 12.4 Å². The van der Waals surface area contributed by atoms with Crippen LogP contribution in [0.2, 0.25) is 5.02 Å². The Bertz CT molecular complexity index is 523. The second-order valence-corrected chi connectivity index (χ2v) is 4.93. The number of carbonyl (C=O) groups excluding carboxylic acids is 3. The van der Waals surface area contributed by atoms with Gasteiger partial charge in [0.1, 0.15) is 0 Å². The van der Waals surface area contributed by atoms with Gasteiger partial charge in [0.05, 0.1) is 13.1 Å². The molecule has 0 saturated heterocycles. The lowest BCUT2D eigenvalue weighted by molar-refractivity contribution is -0.125. The molecule has 1 aromatic carbocycles. The minimum atomic E-state index is -0.391. The summed E-state index contributed by atoms with van der Waals surface area (Å²) >= 11 is 5.75. The van der Waals surface area contributed by atoms with Crippen molar-refractivity contribution in [3.8, 4) is 0 Å². The molecule has 1 aromatic rings. The number of nitrogens with two attached hydrogens (primary N) is 1. The zero-order chi connectivity index (χ0) is 16.4. The number of halogens is 2. The highest BCUT2D eigenvalue weighted by Gasteiger charge is 2.05. The van der Waals surface area contributed by atoms with Gasteiger partial charge in [0, 0.05) is 23.7 Å². The maximum Gasteiger partial charge on any atom is 0.239 e. The molecular formula is C14H20Cl2N4O3. The Morgan fingerprint density at radius 1 is 1.00 bits per heavy atom. The summed E-state index contributed by atoms with van der Waals surface area (Å²) in [7, 11) is 0. The van der Waals surface area contributed by atoms with Gasteiger partial charge in [0.25, 0.3) is 0 Å². The van der Waals surface area contributed by atoms with Crippen LogP contribution in [0.1, 0.15) is 12.8 Å². The van der Waals surface area contributed by atoms with Crippen molar-refractivity contribution in [2.24, 2.45) is 5.73 Å². The molecule has 0 heterocycles. The number of hydrogen-bond donors (Lipinski definition) is 4. The largest absolute Gasteiger partial charge is 0.355 e. The van der Waals surface area contributed by atoms with Crippen LogP contribution in [0, 0.1) is 0 Å². The van der Waals surface area contributed by atoms with Crippen LogP contribution in [0.15, 0.2) is 24.3 Å². The zero-order valence-corrected chi connectivity index (χ0v) is 14.0. The first kappa shape index (κ1) is 21.2. The van der Waals surface area contributed by atoms with Crippen molar-refractivity contribution in [1.29, 1.82) is 0 Å². The Hall–Kier alpha value is -1.83. The van der Waals surface area contributed by atoms with E-state index >= 15 is 0 Å². The summed E-state index contributed by atoms with van der Waals surface area (Å²) in [5, 5.41) is 8.27. The minimum absolute atomic E-state index is 0. The maximum atomic E-state index is 11.7.